The molecule has 25 heavy (non-hydrogen) atoms. The highest BCUT2D eigenvalue weighted by molar-refractivity contribution is 5.96. The zero-order valence-corrected chi connectivity index (χ0v) is 13.8. The van der Waals surface area contributed by atoms with Gasteiger partial charge in [0.1, 0.15) is 11.8 Å². The Bertz CT molecular complexity index is 756. The van der Waals surface area contributed by atoms with Crippen LogP contribution in [0.5, 0.6) is 5.75 Å². The lowest BCUT2D eigenvalue weighted by molar-refractivity contribution is -0.124. The molecule has 1 unspecified atom stereocenters. The maximum atomic E-state index is 12.6. The topological polar surface area (TPSA) is 86.9 Å². The van der Waals surface area contributed by atoms with Crippen molar-refractivity contribution in [1.82, 2.24) is 9.80 Å². The second-order valence-electron chi connectivity index (χ2n) is 6.06. The number of para-hydroxylation sites is 1. The molecule has 0 aromatic heterocycles. The molecule has 2 amide bonds. The van der Waals surface area contributed by atoms with Crippen molar-refractivity contribution in [3.05, 3.63) is 65.7 Å². The van der Waals surface area contributed by atoms with Crippen LogP contribution in [0.2, 0.25) is 0 Å². The Labute approximate surface area is 146 Å². The minimum absolute atomic E-state index is 0.0192. The van der Waals surface area contributed by atoms with E-state index < -0.39 is 11.9 Å². The average molecular weight is 339 g/mol. The molecule has 3 rings (SSSR count). The molecule has 0 bridgehead atoms. The van der Waals surface area contributed by atoms with Gasteiger partial charge in [-0.05, 0) is 17.7 Å². The van der Waals surface area contributed by atoms with E-state index in [9.17, 15) is 14.7 Å². The lowest BCUT2D eigenvalue weighted by Crippen LogP contribution is -2.51. The summed E-state index contributed by atoms with van der Waals surface area (Å²) in [6, 6.07) is 15.4. The Balaban J connectivity index is 1.70. The zero-order valence-electron chi connectivity index (χ0n) is 13.8. The fourth-order valence-corrected chi connectivity index (χ4v) is 3.20. The molecule has 3 N–H and O–H groups in total. The van der Waals surface area contributed by atoms with Crippen molar-refractivity contribution in [1.29, 1.82) is 0 Å². The van der Waals surface area contributed by atoms with Crippen molar-refractivity contribution >= 4 is 11.8 Å². The van der Waals surface area contributed by atoms with Gasteiger partial charge in [0.15, 0.2) is 0 Å². The summed E-state index contributed by atoms with van der Waals surface area (Å²) >= 11 is 0. The molecule has 2 aromatic carbocycles. The van der Waals surface area contributed by atoms with Gasteiger partial charge in [-0.2, -0.15) is 0 Å². The summed E-state index contributed by atoms with van der Waals surface area (Å²) < 4.78 is 0. The Morgan fingerprint density at radius 1 is 0.920 bits per heavy atom. The normalized spacial score (nSPS) is 16.4. The second kappa shape index (κ2) is 7.36. The van der Waals surface area contributed by atoms with E-state index in [0.29, 0.717) is 31.7 Å². The number of hydrogen-bond acceptors (Lipinski definition) is 4. The minimum atomic E-state index is -0.497. The van der Waals surface area contributed by atoms with Crippen LogP contribution in [0.25, 0.3) is 0 Å². The molecule has 0 saturated carbocycles. The number of aromatic hydroxyl groups is 1. The largest absolute Gasteiger partial charge is 0.507 e. The maximum absolute atomic E-state index is 12.6. The molecule has 1 aliphatic heterocycles. The Kier molecular flexibility index (Phi) is 5.00. The van der Waals surface area contributed by atoms with E-state index >= 15 is 0 Å². The number of phenols is 1. The number of primary amides is 1. The van der Waals surface area contributed by atoms with Crippen LogP contribution in [0.15, 0.2) is 54.6 Å². The van der Waals surface area contributed by atoms with Gasteiger partial charge in [-0.25, -0.2) is 0 Å². The van der Waals surface area contributed by atoms with Gasteiger partial charge < -0.3 is 15.7 Å². The molecule has 0 spiro atoms. The monoisotopic (exact) mass is 339 g/mol. The lowest BCUT2D eigenvalue weighted by atomic mass is 10.0. The van der Waals surface area contributed by atoms with Crippen LogP contribution in [0.4, 0.5) is 0 Å². The zero-order chi connectivity index (χ0) is 17.8. The Morgan fingerprint density at radius 3 is 2.12 bits per heavy atom. The quantitative estimate of drug-likeness (QED) is 0.881. The van der Waals surface area contributed by atoms with Crippen LogP contribution in [-0.2, 0) is 4.79 Å². The summed E-state index contributed by atoms with van der Waals surface area (Å²) in [6.45, 7) is 2.04. The van der Waals surface area contributed by atoms with Crippen LogP contribution in [0.3, 0.4) is 0 Å². The minimum Gasteiger partial charge on any atom is -0.507 e. The van der Waals surface area contributed by atoms with Crippen LogP contribution >= 0.6 is 0 Å². The first-order valence-electron chi connectivity index (χ1n) is 8.23. The smallest absolute Gasteiger partial charge is 0.257 e. The van der Waals surface area contributed by atoms with Gasteiger partial charge in [0.05, 0.1) is 5.56 Å². The second-order valence-corrected chi connectivity index (χ2v) is 6.06. The van der Waals surface area contributed by atoms with E-state index in [2.05, 4.69) is 0 Å². The number of benzene rings is 2. The van der Waals surface area contributed by atoms with Gasteiger partial charge >= 0.3 is 0 Å². The first-order chi connectivity index (χ1) is 12.1. The fraction of sp³-hybridized carbons (Fsp3) is 0.263. The molecule has 0 radical (unpaired) electrons. The van der Waals surface area contributed by atoms with Crippen molar-refractivity contribution in [2.24, 2.45) is 5.73 Å². The molecular formula is C19H21N3O3. The van der Waals surface area contributed by atoms with E-state index in [4.69, 9.17) is 5.73 Å². The highest BCUT2D eigenvalue weighted by Crippen LogP contribution is 2.23. The molecule has 6 nitrogen and oxygen atoms in total. The number of rotatable bonds is 4. The van der Waals surface area contributed by atoms with Gasteiger partial charge in [0.2, 0.25) is 5.91 Å². The fourth-order valence-electron chi connectivity index (χ4n) is 3.20. The third-order valence-electron chi connectivity index (χ3n) is 4.49. The standard InChI is InChI=1S/C19H21N3O3/c20-18(24)17(14-6-2-1-3-7-14)21-10-12-22(13-11-21)19(25)15-8-4-5-9-16(15)23/h1-9,17,23H,10-13H2,(H2,20,24). The predicted octanol–water partition coefficient (Wildman–Crippen LogP) is 1.38. The van der Waals surface area contributed by atoms with Crippen molar-refractivity contribution in [3.63, 3.8) is 0 Å². The lowest BCUT2D eigenvalue weighted by Gasteiger charge is -2.38. The molecule has 1 fully saturated rings. The number of nitrogens with two attached hydrogens (primary N) is 1. The van der Waals surface area contributed by atoms with E-state index in [1.54, 1.807) is 23.1 Å². The summed E-state index contributed by atoms with van der Waals surface area (Å²) in [4.78, 5) is 28.2. The number of hydrogen-bond donors (Lipinski definition) is 2. The number of amides is 2. The van der Waals surface area contributed by atoms with Crippen LogP contribution in [-0.4, -0.2) is 52.9 Å². The van der Waals surface area contributed by atoms with Crippen molar-refractivity contribution in [2.75, 3.05) is 26.2 Å². The van der Waals surface area contributed by atoms with Crippen molar-refractivity contribution in [3.8, 4) is 5.75 Å². The third-order valence-corrected chi connectivity index (χ3v) is 4.49. The molecule has 130 valence electrons. The van der Waals surface area contributed by atoms with Crippen LogP contribution in [0.1, 0.15) is 22.0 Å². The van der Waals surface area contributed by atoms with Crippen LogP contribution < -0.4 is 5.73 Å². The van der Waals surface area contributed by atoms with Gasteiger partial charge in [-0.1, -0.05) is 42.5 Å². The number of nitrogens with zero attached hydrogens (tertiary/aromatic N) is 2. The van der Waals surface area contributed by atoms with Crippen molar-refractivity contribution in [2.45, 2.75) is 6.04 Å². The van der Waals surface area contributed by atoms with E-state index in [1.165, 1.54) is 6.07 Å². The summed E-state index contributed by atoms with van der Waals surface area (Å²) in [5.74, 6) is -0.617. The molecule has 2 aromatic rings. The van der Waals surface area contributed by atoms with Gasteiger partial charge in [0, 0.05) is 26.2 Å². The van der Waals surface area contributed by atoms with E-state index in [0.717, 1.165) is 5.56 Å². The highest BCUT2D eigenvalue weighted by atomic mass is 16.3. The maximum Gasteiger partial charge on any atom is 0.257 e. The van der Waals surface area contributed by atoms with Crippen LogP contribution in [0, 0.1) is 0 Å². The highest BCUT2D eigenvalue weighted by Gasteiger charge is 2.31. The van der Waals surface area contributed by atoms with Gasteiger partial charge in [0.25, 0.3) is 5.91 Å². The first-order valence-corrected chi connectivity index (χ1v) is 8.23. The van der Waals surface area contributed by atoms with Crippen molar-refractivity contribution < 1.29 is 14.7 Å². The molecule has 1 saturated heterocycles. The molecule has 1 heterocycles. The summed E-state index contributed by atoms with van der Waals surface area (Å²) in [6.07, 6.45) is 0. The third kappa shape index (κ3) is 3.64. The number of phenolic OH excluding ortho intramolecular Hbond substituents is 1. The first kappa shape index (κ1) is 17.0. The molecule has 1 aliphatic rings. The molecule has 1 atom stereocenters. The SMILES string of the molecule is NC(=O)C(c1ccccc1)N1CCN(C(=O)c2ccccc2O)CC1. The number of carbonyl (C=O) groups is 2. The van der Waals surface area contributed by atoms with E-state index in [-0.39, 0.29) is 11.7 Å². The Hall–Kier alpha value is -2.86. The predicted molar refractivity (Wildman–Crippen MR) is 94.0 cm³/mol. The average Bonchev–Trinajstić information content (AvgIpc) is 2.63. The van der Waals surface area contributed by atoms with E-state index in [1.807, 2.05) is 35.2 Å². The molecule has 6 heteroatoms. The summed E-state index contributed by atoms with van der Waals surface area (Å²) in [7, 11) is 0. The summed E-state index contributed by atoms with van der Waals surface area (Å²) in [5, 5.41) is 9.85. The van der Waals surface area contributed by atoms with Gasteiger partial charge in [-0.15, -0.1) is 0 Å². The molecular weight excluding hydrogens is 318 g/mol. The van der Waals surface area contributed by atoms with Gasteiger partial charge in [-0.3, -0.25) is 14.5 Å². The summed E-state index contributed by atoms with van der Waals surface area (Å²) in [5.41, 5.74) is 6.76. The number of piperazine rings is 1. The Morgan fingerprint density at radius 2 is 1.52 bits per heavy atom. The molecule has 0 aliphatic carbocycles. The number of carbonyl (C=O) groups excluding carboxylic acids is 2.